The molecule has 3 aromatic heterocycles. The normalized spacial score (nSPS) is 16.8. The standard InChI is InChI=1S/C15H10N9/c1-3-12(23-21-6-1)24-10-20-13(11-9-16-7-8-17-11)22-15(24)14-18-4-2-5-19-14/h1-9,15H. The maximum absolute atomic E-state index is 4.60. The third-order valence-electron chi connectivity index (χ3n) is 3.17. The molecule has 4 rings (SSSR count). The first-order chi connectivity index (χ1) is 11.9. The summed E-state index contributed by atoms with van der Waals surface area (Å²) in [7, 11) is 0. The number of hydrogen-bond donors (Lipinski definition) is 0. The zero-order valence-corrected chi connectivity index (χ0v) is 12.3. The maximum atomic E-state index is 4.60. The zero-order chi connectivity index (χ0) is 16.2. The van der Waals surface area contributed by atoms with E-state index in [2.05, 4.69) is 46.5 Å². The summed E-state index contributed by atoms with van der Waals surface area (Å²) in [5.41, 5.74) is 0.546. The molecule has 1 aliphatic heterocycles. The van der Waals surface area contributed by atoms with Crippen molar-refractivity contribution in [2.24, 2.45) is 9.98 Å². The molecule has 0 N–H and O–H groups in total. The second-order valence-corrected chi connectivity index (χ2v) is 4.69. The van der Waals surface area contributed by atoms with E-state index < -0.39 is 6.17 Å². The highest BCUT2D eigenvalue weighted by Gasteiger charge is 2.28. The van der Waals surface area contributed by atoms with Gasteiger partial charge < -0.3 is 0 Å². The molecule has 9 nitrogen and oxygen atoms in total. The largest absolute Gasteiger partial charge is 0.276 e. The zero-order valence-electron chi connectivity index (χ0n) is 12.3. The second kappa shape index (κ2) is 6.24. The van der Waals surface area contributed by atoms with Crippen molar-refractivity contribution in [2.75, 3.05) is 4.90 Å². The van der Waals surface area contributed by atoms with E-state index in [9.17, 15) is 0 Å². The molecule has 0 amide bonds. The molecule has 0 saturated heterocycles. The van der Waals surface area contributed by atoms with Gasteiger partial charge in [-0.1, -0.05) is 0 Å². The summed E-state index contributed by atoms with van der Waals surface area (Å²) in [4.78, 5) is 27.3. The Morgan fingerprint density at radius 1 is 0.958 bits per heavy atom. The van der Waals surface area contributed by atoms with Crippen molar-refractivity contribution in [3.8, 4) is 0 Å². The van der Waals surface area contributed by atoms with E-state index in [1.165, 1.54) is 0 Å². The van der Waals surface area contributed by atoms with Crippen LogP contribution in [-0.2, 0) is 0 Å². The number of amidine groups is 1. The van der Waals surface area contributed by atoms with Gasteiger partial charge in [0.15, 0.2) is 30.0 Å². The molecule has 0 bridgehead atoms. The Bertz CT molecular complexity index is 865. The van der Waals surface area contributed by atoms with E-state index in [0.29, 0.717) is 23.2 Å². The molecule has 1 unspecified atom stereocenters. The van der Waals surface area contributed by atoms with Crippen LogP contribution >= 0.6 is 0 Å². The van der Waals surface area contributed by atoms with Gasteiger partial charge in [-0.3, -0.25) is 9.88 Å². The van der Waals surface area contributed by atoms with Crippen molar-refractivity contribution in [3.63, 3.8) is 0 Å². The summed E-state index contributed by atoms with van der Waals surface area (Å²) in [5.74, 6) is 1.44. The van der Waals surface area contributed by atoms with Gasteiger partial charge in [-0.15, -0.1) is 5.10 Å². The predicted molar refractivity (Wildman–Crippen MR) is 85.3 cm³/mol. The van der Waals surface area contributed by atoms with Crippen LogP contribution in [0.1, 0.15) is 17.7 Å². The number of rotatable bonds is 3. The van der Waals surface area contributed by atoms with E-state index in [-0.39, 0.29) is 0 Å². The molecular weight excluding hydrogens is 306 g/mol. The van der Waals surface area contributed by atoms with Crippen LogP contribution in [0.5, 0.6) is 0 Å². The lowest BCUT2D eigenvalue weighted by atomic mass is 10.3. The van der Waals surface area contributed by atoms with Gasteiger partial charge >= 0.3 is 0 Å². The Kier molecular flexibility index (Phi) is 3.64. The second-order valence-electron chi connectivity index (χ2n) is 4.69. The van der Waals surface area contributed by atoms with E-state index >= 15 is 0 Å². The minimum atomic E-state index is -0.572. The number of aliphatic imine (C=N–C) groups is 2. The first-order valence-corrected chi connectivity index (χ1v) is 7.06. The van der Waals surface area contributed by atoms with Crippen LogP contribution in [0.4, 0.5) is 5.82 Å². The SMILES string of the molecule is [C]1=NC(c2cnccn2)=NC(c2ncccn2)N1c1cccnn1. The monoisotopic (exact) mass is 316 g/mol. The molecule has 3 aromatic rings. The Hall–Kier alpha value is -3.62. The smallest absolute Gasteiger partial charge is 0.190 e. The van der Waals surface area contributed by atoms with E-state index in [4.69, 9.17) is 0 Å². The molecule has 0 aromatic carbocycles. The third-order valence-corrected chi connectivity index (χ3v) is 3.17. The van der Waals surface area contributed by atoms with Gasteiger partial charge in [0.2, 0.25) is 0 Å². The van der Waals surface area contributed by atoms with Crippen LogP contribution in [0, 0.1) is 0 Å². The van der Waals surface area contributed by atoms with Crippen LogP contribution in [-0.4, -0.2) is 42.3 Å². The van der Waals surface area contributed by atoms with Gasteiger partial charge in [-0.25, -0.2) is 24.9 Å². The fourth-order valence-electron chi connectivity index (χ4n) is 2.11. The Balaban J connectivity index is 1.78. The van der Waals surface area contributed by atoms with Crippen LogP contribution in [0.15, 0.2) is 65.4 Å². The molecular formula is C15H10N9. The van der Waals surface area contributed by atoms with Gasteiger partial charge in [-0.2, -0.15) is 5.10 Å². The van der Waals surface area contributed by atoms with Gasteiger partial charge in [-0.05, 0) is 18.2 Å². The first-order valence-electron chi connectivity index (χ1n) is 7.06. The van der Waals surface area contributed by atoms with Gasteiger partial charge in [0.25, 0.3) is 0 Å². The summed E-state index contributed by atoms with van der Waals surface area (Å²) < 4.78 is 0. The summed E-state index contributed by atoms with van der Waals surface area (Å²) in [6, 6.07) is 5.30. The number of hydrogen-bond acceptors (Lipinski definition) is 9. The lowest BCUT2D eigenvalue weighted by Gasteiger charge is -2.26. The molecule has 9 heteroatoms. The van der Waals surface area contributed by atoms with E-state index in [1.54, 1.807) is 60.3 Å². The lowest BCUT2D eigenvalue weighted by Crippen LogP contribution is -2.32. The summed E-state index contributed by atoms with van der Waals surface area (Å²) >= 11 is 0. The number of nitrogens with zero attached hydrogens (tertiary/aromatic N) is 9. The van der Waals surface area contributed by atoms with Crippen molar-refractivity contribution in [1.29, 1.82) is 0 Å². The third kappa shape index (κ3) is 2.70. The lowest BCUT2D eigenvalue weighted by molar-refractivity contribution is 0.680. The fourth-order valence-corrected chi connectivity index (χ4v) is 2.11. The molecule has 24 heavy (non-hydrogen) atoms. The average Bonchev–Trinajstić information content (AvgIpc) is 2.69. The molecule has 1 aliphatic rings. The highest BCUT2D eigenvalue weighted by atomic mass is 15.4. The minimum Gasteiger partial charge on any atom is -0.276 e. The number of anilines is 1. The molecule has 4 heterocycles. The Morgan fingerprint density at radius 3 is 2.62 bits per heavy atom. The predicted octanol–water partition coefficient (Wildman–Crippen LogP) is 0.927. The summed E-state index contributed by atoms with van der Waals surface area (Å²) in [6.45, 7) is 0. The first kappa shape index (κ1) is 14.0. The molecule has 0 fully saturated rings. The van der Waals surface area contributed by atoms with Crippen molar-refractivity contribution >= 4 is 18.0 Å². The van der Waals surface area contributed by atoms with E-state index in [0.717, 1.165) is 0 Å². The topological polar surface area (TPSA) is 105 Å². The molecule has 0 saturated carbocycles. The molecule has 1 radical (unpaired) electrons. The van der Waals surface area contributed by atoms with Crippen molar-refractivity contribution < 1.29 is 0 Å². The molecule has 115 valence electrons. The minimum absolute atomic E-state index is 0.403. The van der Waals surface area contributed by atoms with Gasteiger partial charge in [0.1, 0.15) is 5.69 Å². The van der Waals surface area contributed by atoms with Crippen LogP contribution in [0.3, 0.4) is 0 Å². The van der Waals surface area contributed by atoms with Crippen molar-refractivity contribution in [3.05, 3.63) is 66.9 Å². The highest BCUT2D eigenvalue weighted by molar-refractivity contribution is 6.05. The molecule has 0 spiro atoms. The Labute approximate surface area is 136 Å². The highest BCUT2D eigenvalue weighted by Crippen LogP contribution is 2.26. The average molecular weight is 316 g/mol. The fraction of sp³-hybridized carbons (Fsp3) is 0.0667. The maximum Gasteiger partial charge on any atom is 0.190 e. The summed E-state index contributed by atoms with van der Waals surface area (Å²) in [6.07, 6.45) is 12.0. The van der Waals surface area contributed by atoms with E-state index in [1.807, 2.05) is 0 Å². The van der Waals surface area contributed by atoms with Crippen LogP contribution in [0.2, 0.25) is 0 Å². The van der Waals surface area contributed by atoms with Gasteiger partial charge in [0, 0.05) is 31.0 Å². The molecule has 1 atom stereocenters. The van der Waals surface area contributed by atoms with Crippen LogP contribution < -0.4 is 4.90 Å². The number of aromatic nitrogens is 6. The van der Waals surface area contributed by atoms with Crippen molar-refractivity contribution in [1.82, 2.24) is 30.1 Å². The Morgan fingerprint density at radius 2 is 1.88 bits per heavy atom. The van der Waals surface area contributed by atoms with Crippen molar-refractivity contribution in [2.45, 2.75) is 6.17 Å². The van der Waals surface area contributed by atoms with Gasteiger partial charge in [0.05, 0.1) is 6.20 Å². The summed E-state index contributed by atoms with van der Waals surface area (Å²) in [5, 5.41) is 7.96. The quantitative estimate of drug-likeness (QED) is 0.707. The van der Waals surface area contributed by atoms with Crippen LogP contribution in [0.25, 0.3) is 0 Å². The molecule has 0 aliphatic carbocycles.